The molecule has 0 bridgehead atoms. The molecule has 0 fully saturated rings. The quantitative estimate of drug-likeness (QED) is 0.493. The summed E-state index contributed by atoms with van der Waals surface area (Å²) in [5, 5.41) is 14.0. The number of aliphatic hydroxyl groups is 1. The summed E-state index contributed by atoms with van der Waals surface area (Å²) in [6, 6.07) is 8.57. The molecule has 9 heteroatoms. The third kappa shape index (κ3) is 5.29. The molecule has 2 heterocycles. The molecule has 0 saturated heterocycles. The van der Waals surface area contributed by atoms with Crippen LogP contribution < -0.4 is 15.0 Å². The summed E-state index contributed by atoms with van der Waals surface area (Å²) < 4.78 is 47.2. The third-order valence-corrected chi connectivity index (χ3v) is 6.17. The lowest BCUT2D eigenvalue weighted by Crippen LogP contribution is -2.45. The van der Waals surface area contributed by atoms with Gasteiger partial charge in [0.1, 0.15) is 34.4 Å². The van der Waals surface area contributed by atoms with Crippen molar-refractivity contribution in [3.8, 4) is 5.75 Å². The summed E-state index contributed by atoms with van der Waals surface area (Å²) in [5.41, 5.74) is -0.485. The number of hydrogen-bond donors (Lipinski definition) is 2. The van der Waals surface area contributed by atoms with E-state index < -0.39 is 24.3 Å². The first-order valence-electron chi connectivity index (χ1n) is 11.6. The Kier molecular flexibility index (Phi) is 6.57. The van der Waals surface area contributed by atoms with Crippen LogP contribution in [0.2, 0.25) is 0 Å². The van der Waals surface area contributed by atoms with Crippen molar-refractivity contribution >= 4 is 22.4 Å². The van der Waals surface area contributed by atoms with Gasteiger partial charge in [-0.1, -0.05) is 18.2 Å². The summed E-state index contributed by atoms with van der Waals surface area (Å²) >= 11 is 0. The highest BCUT2D eigenvalue weighted by Crippen LogP contribution is 2.40. The van der Waals surface area contributed by atoms with Crippen LogP contribution in [0.1, 0.15) is 37.7 Å². The van der Waals surface area contributed by atoms with Crippen LogP contribution in [0, 0.1) is 12.7 Å². The van der Waals surface area contributed by atoms with Crippen LogP contribution in [0.4, 0.5) is 24.7 Å². The van der Waals surface area contributed by atoms with Crippen molar-refractivity contribution in [2.24, 2.45) is 0 Å². The molecule has 0 saturated carbocycles. The first kappa shape index (κ1) is 25.0. The van der Waals surface area contributed by atoms with Crippen molar-refractivity contribution < 1.29 is 23.0 Å². The van der Waals surface area contributed by atoms with Gasteiger partial charge in [0, 0.05) is 31.5 Å². The lowest BCUT2D eigenvalue weighted by molar-refractivity contribution is -0.0825. The van der Waals surface area contributed by atoms with Crippen LogP contribution in [-0.4, -0.2) is 52.8 Å². The van der Waals surface area contributed by atoms with E-state index in [1.54, 1.807) is 19.1 Å². The largest absolute Gasteiger partial charge is 0.484 e. The molecule has 2 aromatic carbocycles. The predicted molar refractivity (Wildman–Crippen MR) is 131 cm³/mol. The van der Waals surface area contributed by atoms with Gasteiger partial charge in [-0.15, -0.1) is 0 Å². The number of alkyl halides is 2. The van der Waals surface area contributed by atoms with E-state index >= 15 is 0 Å². The predicted octanol–water partition coefficient (Wildman–Crippen LogP) is 4.90. The van der Waals surface area contributed by atoms with Crippen molar-refractivity contribution in [1.82, 2.24) is 9.97 Å². The van der Waals surface area contributed by atoms with Crippen molar-refractivity contribution in [3.63, 3.8) is 0 Å². The third-order valence-electron chi connectivity index (χ3n) is 6.17. The summed E-state index contributed by atoms with van der Waals surface area (Å²) in [5.74, 6) is 1.41. The van der Waals surface area contributed by atoms with Crippen molar-refractivity contribution in [1.29, 1.82) is 0 Å². The number of fused-ring (bicyclic) bond motifs is 2. The molecule has 6 nitrogen and oxygen atoms in total. The zero-order chi connectivity index (χ0) is 25.5. The van der Waals surface area contributed by atoms with Gasteiger partial charge < -0.3 is 20.1 Å². The number of aromatic nitrogens is 2. The molecule has 1 aliphatic heterocycles. The molecule has 0 unspecified atom stereocenters. The number of halogens is 3. The summed E-state index contributed by atoms with van der Waals surface area (Å²) in [7, 11) is 2.01. The van der Waals surface area contributed by atoms with E-state index in [0.717, 1.165) is 35.8 Å². The Morgan fingerprint density at radius 1 is 1.23 bits per heavy atom. The Morgan fingerprint density at radius 2 is 1.94 bits per heavy atom. The average molecular weight is 489 g/mol. The highest BCUT2D eigenvalue weighted by atomic mass is 19.3. The molecule has 1 aromatic heterocycles. The molecule has 0 aliphatic carbocycles. The number of ether oxygens (including phenoxy) is 1. The highest BCUT2D eigenvalue weighted by Gasteiger charge is 2.33. The topological polar surface area (TPSA) is 70.5 Å². The van der Waals surface area contributed by atoms with E-state index in [1.165, 1.54) is 6.07 Å². The molecule has 4 rings (SSSR count). The maximum Gasteiger partial charge on any atom is 0.266 e. The monoisotopic (exact) mass is 488 g/mol. The van der Waals surface area contributed by atoms with Crippen LogP contribution in [0.15, 0.2) is 30.3 Å². The summed E-state index contributed by atoms with van der Waals surface area (Å²) in [6.07, 6.45) is -3.13. The number of benzene rings is 2. The van der Waals surface area contributed by atoms with Gasteiger partial charge in [0.2, 0.25) is 0 Å². The average Bonchev–Trinajstić information content (AvgIpc) is 2.74. The molecule has 0 radical (unpaired) electrons. The van der Waals surface area contributed by atoms with Crippen LogP contribution in [0.25, 0.3) is 10.9 Å². The standard InChI is InChI=1S/C26H31F3N4O2/c1-15-31-19-12-21-20(33(5)14-25(2,3)35-21)11-18(19)23(32-15)30-10-9-16-7-6-8-17(22(16)27)13-26(4,34)24(28)29/h6-8,11-12,24,34H,9-10,13-14H2,1-5H3,(H,30,31,32)/t26-/m0/s1. The number of hydrogen-bond acceptors (Lipinski definition) is 6. The SMILES string of the molecule is Cc1nc(NCCc2cccc(C[C@](C)(O)C(F)F)c2F)c2cc3c(cc2n1)OC(C)(C)CN3C. The fraction of sp³-hybridized carbons (Fsp3) is 0.462. The summed E-state index contributed by atoms with van der Waals surface area (Å²) in [4.78, 5) is 11.3. The number of likely N-dealkylation sites (N-methyl/N-ethyl adjacent to an activating group) is 1. The smallest absolute Gasteiger partial charge is 0.266 e. The molecule has 1 atom stereocenters. The zero-order valence-corrected chi connectivity index (χ0v) is 20.6. The first-order chi connectivity index (χ1) is 16.4. The van der Waals surface area contributed by atoms with Crippen LogP contribution in [-0.2, 0) is 12.8 Å². The maximum absolute atomic E-state index is 15.0. The molecule has 2 N–H and O–H groups in total. The van der Waals surface area contributed by atoms with E-state index in [9.17, 15) is 18.3 Å². The Morgan fingerprint density at radius 3 is 2.66 bits per heavy atom. The van der Waals surface area contributed by atoms with E-state index in [4.69, 9.17) is 4.74 Å². The van der Waals surface area contributed by atoms with Crippen molar-refractivity contribution in [2.75, 3.05) is 30.4 Å². The second kappa shape index (κ2) is 9.18. The number of rotatable bonds is 7. The fourth-order valence-electron chi connectivity index (χ4n) is 4.50. The Hall–Kier alpha value is -3.07. The van der Waals surface area contributed by atoms with E-state index in [2.05, 4.69) is 20.2 Å². The van der Waals surface area contributed by atoms with Gasteiger partial charge in [-0.2, -0.15) is 0 Å². The van der Waals surface area contributed by atoms with Gasteiger partial charge in [-0.25, -0.2) is 23.1 Å². The second-order valence-corrected chi connectivity index (χ2v) is 10.1. The van der Waals surface area contributed by atoms with Gasteiger partial charge >= 0.3 is 0 Å². The molecular formula is C26H31F3N4O2. The minimum absolute atomic E-state index is 0.0636. The Balaban J connectivity index is 1.56. The zero-order valence-electron chi connectivity index (χ0n) is 20.6. The minimum Gasteiger partial charge on any atom is -0.484 e. The maximum atomic E-state index is 15.0. The van der Waals surface area contributed by atoms with Crippen LogP contribution >= 0.6 is 0 Å². The van der Waals surface area contributed by atoms with Crippen LogP contribution in [0.5, 0.6) is 5.75 Å². The molecule has 188 valence electrons. The van der Waals surface area contributed by atoms with E-state index in [1.807, 2.05) is 33.0 Å². The lowest BCUT2D eigenvalue weighted by atomic mass is 9.94. The fourth-order valence-corrected chi connectivity index (χ4v) is 4.50. The van der Waals surface area contributed by atoms with Crippen molar-refractivity contribution in [2.45, 2.75) is 58.2 Å². The van der Waals surface area contributed by atoms with E-state index in [-0.39, 0.29) is 11.2 Å². The number of aryl methyl sites for hydroxylation is 1. The molecule has 0 amide bonds. The van der Waals surface area contributed by atoms with Gasteiger partial charge in [0.05, 0.1) is 17.7 Å². The Labute approximate surface area is 203 Å². The van der Waals surface area contributed by atoms with Gasteiger partial charge in [-0.05, 0) is 51.3 Å². The molecule has 3 aromatic rings. The Bertz CT molecular complexity index is 1250. The minimum atomic E-state index is -2.97. The molecule has 0 spiro atoms. The first-order valence-corrected chi connectivity index (χ1v) is 11.6. The molecular weight excluding hydrogens is 457 g/mol. The number of anilines is 2. The molecule has 1 aliphatic rings. The van der Waals surface area contributed by atoms with E-state index in [0.29, 0.717) is 30.2 Å². The normalized spacial score (nSPS) is 16.7. The second-order valence-electron chi connectivity index (χ2n) is 10.1. The van der Waals surface area contributed by atoms with Gasteiger partial charge in [0.25, 0.3) is 6.43 Å². The summed E-state index contributed by atoms with van der Waals surface area (Å²) in [6.45, 7) is 7.99. The number of nitrogens with zero attached hydrogens (tertiary/aromatic N) is 3. The van der Waals surface area contributed by atoms with Gasteiger partial charge in [0.15, 0.2) is 0 Å². The number of nitrogens with one attached hydrogen (secondary N) is 1. The molecule has 35 heavy (non-hydrogen) atoms. The van der Waals surface area contributed by atoms with Crippen molar-refractivity contribution in [3.05, 3.63) is 53.1 Å². The van der Waals surface area contributed by atoms with Crippen LogP contribution in [0.3, 0.4) is 0 Å². The highest BCUT2D eigenvalue weighted by molar-refractivity contribution is 5.94. The lowest BCUT2D eigenvalue weighted by Gasteiger charge is -2.39. The van der Waals surface area contributed by atoms with Gasteiger partial charge in [-0.3, -0.25) is 0 Å².